The van der Waals surface area contributed by atoms with E-state index >= 15 is 0 Å². The molecule has 21 heavy (non-hydrogen) atoms. The van der Waals surface area contributed by atoms with Crippen molar-refractivity contribution in [2.75, 3.05) is 13.7 Å². The maximum absolute atomic E-state index is 13.5. The molecule has 0 aliphatic rings. The first-order valence-electron chi connectivity index (χ1n) is 6.58. The second-order valence-corrected chi connectivity index (χ2v) is 5.85. The zero-order valence-corrected chi connectivity index (χ0v) is 14.1. The summed E-state index contributed by atoms with van der Waals surface area (Å²) in [5, 5.41) is 3.94. The summed E-state index contributed by atoms with van der Waals surface area (Å²) in [5.74, 6) is 0.421. The van der Waals surface area contributed by atoms with Gasteiger partial charge in [0.05, 0.1) is 17.6 Å². The molecule has 0 bridgehead atoms. The van der Waals surface area contributed by atoms with E-state index in [9.17, 15) is 4.39 Å². The van der Waals surface area contributed by atoms with E-state index in [0.717, 1.165) is 22.1 Å². The molecule has 1 atom stereocenters. The molecule has 0 saturated heterocycles. The highest BCUT2D eigenvalue weighted by Gasteiger charge is 2.20. The fourth-order valence-electron chi connectivity index (χ4n) is 2.31. The summed E-state index contributed by atoms with van der Waals surface area (Å²) in [7, 11) is 1.60. The van der Waals surface area contributed by atoms with Crippen molar-refractivity contribution in [1.82, 2.24) is 5.32 Å². The van der Waals surface area contributed by atoms with Crippen LogP contribution < -0.4 is 10.1 Å². The summed E-state index contributed by atoms with van der Waals surface area (Å²) < 4.78 is 19.8. The number of hydrogen-bond acceptors (Lipinski definition) is 2. The molecule has 0 radical (unpaired) electrons. The molecule has 5 heteroatoms. The molecule has 0 aromatic heterocycles. The standard InChI is InChI=1S/C16H16BrClFNO/c1-3-20-15(10-5-4-6-12(19)7-10)13-8-11(18)9-14(17)16(13)21-2/h4-9,15,20H,3H2,1-2H3. The third-order valence-electron chi connectivity index (χ3n) is 3.14. The van der Waals surface area contributed by atoms with Crippen LogP contribution in [0.1, 0.15) is 24.1 Å². The van der Waals surface area contributed by atoms with E-state index < -0.39 is 0 Å². The van der Waals surface area contributed by atoms with Crippen LogP contribution in [-0.2, 0) is 0 Å². The minimum Gasteiger partial charge on any atom is -0.495 e. The zero-order chi connectivity index (χ0) is 15.4. The van der Waals surface area contributed by atoms with E-state index in [1.54, 1.807) is 19.2 Å². The van der Waals surface area contributed by atoms with Crippen molar-refractivity contribution in [3.05, 3.63) is 62.8 Å². The molecule has 0 saturated carbocycles. The van der Waals surface area contributed by atoms with E-state index in [0.29, 0.717) is 10.8 Å². The predicted molar refractivity (Wildman–Crippen MR) is 87.6 cm³/mol. The molecule has 112 valence electrons. The van der Waals surface area contributed by atoms with Crippen LogP contribution in [0.5, 0.6) is 5.75 Å². The second kappa shape index (κ2) is 7.25. The molecule has 0 spiro atoms. The first-order valence-corrected chi connectivity index (χ1v) is 7.75. The Labute approximate surface area is 137 Å². The van der Waals surface area contributed by atoms with Gasteiger partial charge in [0.25, 0.3) is 0 Å². The average Bonchev–Trinajstić information content (AvgIpc) is 2.44. The van der Waals surface area contributed by atoms with Gasteiger partial charge in [-0.3, -0.25) is 0 Å². The van der Waals surface area contributed by atoms with Crippen molar-refractivity contribution in [3.8, 4) is 5.75 Å². The lowest BCUT2D eigenvalue weighted by Crippen LogP contribution is -2.22. The van der Waals surface area contributed by atoms with Gasteiger partial charge < -0.3 is 10.1 Å². The first-order chi connectivity index (χ1) is 10.1. The van der Waals surface area contributed by atoms with E-state index in [-0.39, 0.29) is 11.9 Å². The lowest BCUT2D eigenvalue weighted by atomic mass is 9.97. The summed E-state index contributed by atoms with van der Waals surface area (Å²) in [5.41, 5.74) is 1.69. The number of methoxy groups -OCH3 is 1. The maximum atomic E-state index is 13.5. The molecule has 1 N–H and O–H groups in total. The van der Waals surface area contributed by atoms with Gasteiger partial charge in [0.15, 0.2) is 0 Å². The smallest absolute Gasteiger partial charge is 0.138 e. The summed E-state index contributed by atoms with van der Waals surface area (Å²) in [6.07, 6.45) is 0. The van der Waals surface area contributed by atoms with Crippen LogP contribution in [0.4, 0.5) is 4.39 Å². The Balaban J connectivity index is 2.57. The number of rotatable bonds is 5. The third kappa shape index (κ3) is 3.76. The van der Waals surface area contributed by atoms with Gasteiger partial charge in [0.1, 0.15) is 11.6 Å². The van der Waals surface area contributed by atoms with Gasteiger partial charge in [-0.25, -0.2) is 4.39 Å². The topological polar surface area (TPSA) is 21.3 Å². The molecule has 0 amide bonds. The average molecular weight is 373 g/mol. The van der Waals surface area contributed by atoms with Crippen LogP contribution in [0.25, 0.3) is 0 Å². The Hall–Kier alpha value is -1.10. The zero-order valence-electron chi connectivity index (χ0n) is 11.8. The Morgan fingerprint density at radius 2 is 2.10 bits per heavy atom. The molecule has 0 aliphatic carbocycles. The minimum absolute atomic E-state index is 0.198. The van der Waals surface area contributed by atoms with Crippen LogP contribution in [0.3, 0.4) is 0 Å². The molecule has 0 fully saturated rings. The monoisotopic (exact) mass is 371 g/mol. The fourth-order valence-corrected chi connectivity index (χ4v) is 3.30. The van der Waals surface area contributed by atoms with Gasteiger partial charge >= 0.3 is 0 Å². The molecule has 0 heterocycles. The van der Waals surface area contributed by atoms with Crippen LogP contribution in [0, 0.1) is 5.82 Å². The number of nitrogens with one attached hydrogen (secondary N) is 1. The Morgan fingerprint density at radius 1 is 1.33 bits per heavy atom. The van der Waals surface area contributed by atoms with Crippen molar-refractivity contribution in [3.63, 3.8) is 0 Å². The highest BCUT2D eigenvalue weighted by atomic mass is 79.9. The van der Waals surface area contributed by atoms with Crippen molar-refractivity contribution in [2.45, 2.75) is 13.0 Å². The normalized spacial score (nSPS) is 12.2. The third-order valence-corrected chi connectivity index (χ3v) is 3.95. The van der Waals surface area contributed by atoms with Crippen molar-refractivity contribution < 1.29 is 9.13 Å². The molecule has 2 aromatic carbocycles. The quantitative estimate of drug-likeness (QED) is 0.802. The highest BCUT2D eigenvalue weighted by molar-refractivity contribution is 9.10. The van der Waals surface area contributed by atoms with Gasteiger partial charge in [-0.05, 0) is 52.3 Å². The lowest BCUT2D eigenvalue weighted by molar-refractivity contribution is 0.401. The van der Waals surface area contributed by atoms with Crippen molar-refractivity contribution in [2.24, 2.45) is 0 Å². The number of benzene rings is 2. The van der Waals surface area contributed by atoms with Gasteiger partial charge in [-0.15, -0.1) is 0 Å². The molecular formula is C16H16BrClFNO. The van der Waals surface area contributed by atoms with Gasteiger partial charge in [-0.2, -0.15) is 0 Å². The Kier molecular flexibility index (Phi) is 5.62. The number of hydrogen-bond donors (Lipinski definition) is 1. The SMILES string of the molecule is CCNC(c1cccc(F)c1)c1cc(Cl)cc(Br)c1OC. The second-order valence-electron chi connectivity index (χ2n) is 4.56. The van der Waals surface area contributed by atoms with Gasteiger partial charge in [0, 0.05) is 10.6 Å². The van der Waals surface area contributed by atoms with Crippen LogP contribution in [0.2, 0.25) is 5.02 Å². The first kappa shape index (κ1) is 16.3. The van der Waals surface area contributed by atoms with Crippen molar-refractivity contribution in [1.29, 1.82) is 0 Å². The van der Waals surface area contributed by atoms with Crippen LogP contribution in [-0.4, -0.2) is 13.7 Å². The number of halogens is 3. The Morgan fingerprint density at radius 3 is 2.71 bits per heavy atom. The van der Waals surface area contributed by atoms with Gasteiger partial charge in [-0.1, -0.05) is 30.7 Å². The van der Waals surface area contributed by atoms with E-state index in [1.165, 1.54) is 12.1 Å². The molecule has 2 aromatic rings. The summed E-state index contributed by atoms with van der Waals surface area (Å²) in [4.78, 5) is 0. The summed E-state index contributed by atoms with van der Waals surface area (Å²) >= 11 is 9.61. The highest BCUT2D eigenvalue weighted by Crippen LogP contribution is 2.38. The summed E-state index contributed by atoms with van der Waals surface area (Å²) in [6.45, 7) is 2.73. The molecular weight excluding hydrogens is 357 g/mol. The molecule has 1 unspecified atom stereocenters. The van der Waals surface area contributed by atoms with Crippen LogP contribution in [0.15, 0.2) is 40.9 Å². The molecule has 2 nitrogen and oxygen atoms in total. The fraction of sp³-hybridized carbons (Fsp3) is 0.250. The minimum atomic E-state index is -0.268. The van der Waals surface area contributed by atoms with Crippen LogP contribution >= 0.6 is 27.5 Å². The maximum Gasteiger partial charge on any atom is 0.138 e. The van der Waals surface area contributed by atoms with E-state index in [1.807, 2.05) is 19.1 Å². The lowest BCUT2D eigenvalue weighted by Gasteiger charge is -2.22. The molecule has 0 aliphatic heterocycles. The molecule has 2 rings (SSSR count). The van der Waals surface area contributed by atoms with E-state index in [2.05, 4.69) is 21.2 Å². The van der Waals surface area contributed by atoms with Gasteiger partial charge in [0.2, 0.25) is 0 Å². The Bertz CT molecular complexity index is 636. The summed E-state index contributed by atoms with van der Waals surface area (Å²) in [6, 6.07) is 9.93. The largest absolute Gasteiger partial charge is 0.495 e. The van der Waals surface area contributed by atoms with Crippen molar-refractivity contribution >= 4 is 27.5 Å². The van der Waals surface area contributed by atoms with E-state index in [4.69, 9.17) is 16.3 Å². The predicted octanol–water partition coefficient (Wildman–Crippen LogP) is 4.95. The number of ether oxygens (including phenoxy) is 1.